The average molecular weight is 697 g/mol. The predicted octanol–water partition coefficient (Wildman–Crippen LogP) is 11.2. The summed E-state index contributed by atoms with van der Waals surface area (Å²) < 4.78 is 26.3. The van der Waals surface area contributed by atoms with Crippen LogP contribution in [0.5, 0.6) is 0 Å². The van der Waals surface area contributed by atoms with Crippen molar-refractivity contribution < 1.29 is 37.9 Å². The molecule has 0 aromatic heterocycles. The van der Waals surface area contributed by atoms with Crippen molar-refractivity contribution in [2.24, 2.45) is 0 Å². The quantitative estimate of drug-likeness (QED) is 0.0295. The molecule has 1 atom stereocenters. The summed E-state index contributed by atoms with van der Waals surface area (Å²) >= 11 is 0. The monoisotopic (exact) mass is 696 g/mol. The molecule has 0 rings (SSSR count). The fourth-order valence-electron chi connectivity index (χ4n) is 5.03. The molecule has 0 bridgehead atoms. The molecule has 0 unspecified atom stereocenters. The largest absolute Gasteiger partial charge is 0.469 e. The van der Waals surface area contributed by atoms with Gasteiger partial charge >= 0.3 is 19.8 Å². The minimum absolute atomic E-state index is 0.202. The number of esters is 2. The molecular weight excluding hydrogens is 627 g/mol. The normalized spacial score (nSPS) is 13.0. The summed E-state index contributed by atoms with van der Waals surface area (Å²) in [6.45, 7) is 3.53. The third-order valence-corrected chi connectivity index (χ3v) is 8.32. The van der Waals surface area contributed by atoms with Crippen LogP contribution < -0.4 is 0 Å². The van der Waals surface area contributed by atoms with Crippen LogP contribution >= 0.6 is 7.82 Å². The van der Waals surface area contributed by atoms with E-state index in [1.165, 1.54) is 51.4 Å². The van der Waals surface area contributed by atoms with Gasteiger partial charge in [-0.05, 0) is 70.6 Å². The number of ether oxygens (including phenoxy) is 2. The highest BCUT2D eigenvalue weighted by atomic mass is 31.2. The molecule has 0 radical (unpaired) electrons. The van der Waals surface area contributed by atoms with E-state index in [-0.39, 0.29) is 19.4 Å². The van der Waals surface area contributed by atoms with E-state index in [4.69, 9.17) is 19.3 Å². The van der Waals surface area contributed by atoms with E-state index >= 15 is 0 Å². The molecule has 9 heteroatoms. The van der Waals surface area contributed by atoms with Crippen LogP contribution in [0.2, 0.25) is 0 Å². The number of phosphoric acid groups is 1. The Hall–Kier alpha value is -1.99. The summed E-state index contributed by atoms with van der Waals surface area (Å²) in [4.78, 5) is 42.7. The summed E-state index contributed by atoms with van der Waals surface area (Å²) in [6, 6.07) is 0. The molecule has 0 spiro atoms. The summed E-state index contributed by atoms with van der Waals surface area (Å²) in [5.41, 5.74) is 0. The molecule has 48 heavy (non-hydrogen) atoms. The van der Waals surface area contributed by atoms with E-state index in [1.807, 2.05) is 0 Å². The number of rotatable bonds is 34. The van der Waals surface area contributed by atoms with E-state index in [1.54, 1.807) is 0 Å². The number of hydrogen-bond acceptors (Lipinski definition) is 6. The fourth-order valence-corrected chi connectivity index (χ4v) is 5.39. The lowest BCUT2D eigenvalue weighted by Crippen LogP contribution is -2.29. The van der Waals surface area contributed by atoms with Gasteiger partial charge < -0.3 is 19.3 Å². The third kappa shape index (κ3) is 36.8. The van der Waals surface area contributed by atoms with Crippen LogP contribution in [0.25, 0.3) is 0 Å². The second-order valence-electron chi connectivity index (χ2n) is 12.5. The van der Waals surface area contributed by atoms with Gasteiger partial charge in [-0.2, -0.15) is 0 Å². The number of carbonyl (C=O) groups is 2. The van der Waals surface area contributed by atoms with E-state index in [0.717, 1.165) is 77.0 Å². The number of allylic oxidation sites excluding steroid dienone is 8. The van der Waals surface area contributed by atoms with Gasteiger partial charge in [-0.3, -0.25) is 14.1 Å². The zero-order valence-corrected chi connectivity index (χ0v) is 31.3. The maximum absolute atomic E-state index is 12.4. The smallest absolute Gasteiger partial charge is 0.462 e. The van der Waals surface area contributed by atoms with E-state index in [0.29, 0.717) is 12.8 Å². The van der Waals surface area contributed by atoms with Gasteiger partial charge in [-0.15, -0.1) is 0 Å². The van der Waals surface area contributed by atoms with Crippen LogP contribution in [0.3, 0.4) is 0 Å². The summed E-state index contributed by atoms with van der Waals surface area (Å²) in [7, 11) is -4.76. The molecular formula is C39H69O8P. The Kier molecular flexibility index (Phi) is 33.4. The standard InChI is InChI=1S/C39H69O8P/c1-3-5-7-9-11-13-15-17-19-21-23-25-27-29-31-33-38(40)45-35-37(36-46-48(42,43)44)47-39(41)34-32-30-28-26-24-22-20-18-16-14-12-10-8-6-4-2/h5,7,11,13-14,16-17,19,37H,3-4,6,8-10,12,15,18,20-36H2,1-2H3,(H2,42,43,44)/b7-5-,13-11-,16-14-,19-17-/t37-/m1/s1. The van der Waals surface area contributed by atoms with Crippen molar-refractivity contribution in [1.82, 2.24) is 0 Å². The molecule has 278 valence electrons. The van der Waals surface area contributed by atoms with Gasteiger partial charge in [0.05, 0.1) is 6.61 Å². The molecule has 0 amide bonds. The van der Waals surface area contributed by atoms with Crippen molar-refractivity contribution in [3.05, 3.63) is 48.6 Å². The Labute approximate surface area is 293 Å². The van der Waals surface area contributed by atoms with Gasteiger partial charge in [0.15, 0.2) is 6.10 Å². The molecule has 0 aromatic rings. The highest BCUT2D eigenvalue weighted by molar-refractivity contribution is 7.46. The van der Waals surface area contributed by atoms with Crippen molar-refractivity contribution in [1.29, 1.82) is 0 Å². The van der Waals surface area contributed by atoms with Crippen molar-refractivity contribution in [3.8, 4) is 0 Å². The van der Waals surface area contributed by atoms with Gasteiger partial charge in [0.1, 0.15) is 6.61 Å². The minimum atomic E-state index is -4.76. The van der Waals surface area contributed by atoms with Crippen LogP contribution in [0, 0.1) is 0 Å². The zero-order valence-electron chi connectivity index (χ0n) is 30.4. The molecule has 0 aliphatic rings. The Bertz CT molecular complexity index is 921. The first kappa shape index (κ1) is 46.0. The summed E-state index contributed by atoms with van der Waals surface area (Å²) in [5, 5.41) is 0. The van der Waals surface area contributed by atoms with Gasteiger partial charge in [0.25, 0.3) is 0 Å². The zero-order chi connectivity index (χ0) is 35.4. The fraction of sp³-hybridized carbons (Fsp3) is 0.744. The van der Waals surface area contributed by atoms with E-state index in [9.17, 15) is 14.2 Å². The minimum Gasteiger partial charge on any atom is -0.462 e. The molecule has 0 aliphatic heterocycles. The number of unbranched alkanes of at least 4 members (excludes halogenated alkanes) is 16. The molecule has 8 nitrogen and oxygen atoms in total. The Morgan fingerprint density at radius 3 is 1.52 bits per heavy atom. The third-order valence-electron chi connectivity index (χ3n) is 7.83. The first-order chi connectivity index (χ1) is 23.3. The first-order valence-electron chi connectivity index (χ1n) is 18.9. The van der Waals surface area contributed by atoms with Gasteiger partial charge in [0, 0.05) is 12.8 Å². The first-order valence-corrected chi connectivity index (χ1v) is 20.5. The van der Waals surface area contributed by atoms with E-state index < -0.39 is 32.5 Å². The number of hydrogen-bond donors (Lipinski definition) is 2. The second-order valence-corrected chi connectivity index (χ2v) is 13.8. The molecule has 2 N–H and O–H groups in total. The summed E-state index contributed by atoms with van der Waals surface area (Å²) in [5.74, 6) is -0.912. The van der Waals surface area contributed by atoms with Crippen LogP contribution in [0.15, 0.2) is 48.6 Å². The summed E-state index contributed by atoms with van der Waals surface area (Å²) in [6.07, 6.45) is 41.1. The average Bonchev–Trinajstić information content (AvgIpc) is 3.05. The van der Waals surface area contributed by atoms with Crippen molar-refractivity contribution in [3.63, 3.8) is 0 Å². The molecule has 0 fully saturated rings. The van der Waals surface area contributed by atoms with Crippen molar-refractivity contribution in [2.45, 2.75) is 174 Å². The molecule has 0 aliphatic carbocycles. The van der Waals surface area contributed by atoms with Gasteiger partial charge in [-0.1, -0.05) is 133 Å². The lowest BCUT2D eigenvalue weighted by molar-refractivity contribution is -0.161. The highest BCUT2D eigenvalue weighted by Gasteiger charge is 2.22. The molecule has 0 aromatic carbocycles. The predicted molar refractivity (Wildman–Crippen MR) is 198 cm³/mol. The lowest BCUT2D eigenvalue weighted by atomic mass is 10.1. The topological polar surface area (TPSA) is 119 Å². The Balaban J connectivity index is 4.00. The van der Waals surface area contributed by atoms with Crippen LogP contribution in [-0.4, -0.2) is 41.0 Å². The highest BCUT2D eigenvalue weighted by Crippen LogP contribution is 2.36. The van der Waals surface area contributed by atoms with Crippen molar-refractivity contribution >= 4 is 19.8 Å². The van der Waals surface area contributed by atoms with Crippen LogP contribution in [-0.2, 0) is 28.2 Å². The maximum atomic E-state index is 12.4. The van der Waals surface area contributed by atoms with Crippen molar-refractivity contribution in [2.75, 3.05) is 13.2 Å². The maximum Gasteiger partial charge on any atom is 0.469 e. The molecule has 0 heterocycles. The number of carbonyl (C=O) groups excluding carboxylic acids is 2. The second kappa shape index (κ2) is 34.9. The van der Waals surface area contributed by atoms with Crippen LogP contribution in [0.4, 0.5) is 0 Å². The SMILES string of the molecule is CC/C=C\C/C=C\C/C=C\CCCCCCCC(=O)OC[C@H](COP(=O)(O)O)OC(=O)CCCCCCCCC/C=C\CCCCCC. The van der Waals surface area contributed by atoms with Gasteiger partial charge in [0.2, 0.25) is 0 Å². The lowest BCUT2D eigenvalue weighted by Gasteiger charge is -2.18. The molecule has 0 saturated carbocycles. The number of phosphoric ester groups is 1. The Morgan fingerprint density at radius 1 is 0.562 bits per heavy atom. The van der Waals surface area contributed by atoms with Crippen LogP contribution in [0.1, 0.15) is 168 Å². The molecule has 0 saturated heterocycles. The van der Waals surface area contributed by atoms with Gasteiger partial charge in [-0.25, -0.2) is 4.57 Å². The Morgan fingerprint density at radius 2 is 1.00 bits per heavy atom. The van der Waals surface area contributed by atoms with E-state index in [2.05, 4.69) is 67.0 Å².